The Hall–Kier alpha value is -2.81. The molecule has 2 aromatic rings. The summed E-state index contributed by atoms with van der Waals surface area (Å²) in [5.41, 5.74) is 0.118. The van der Waals surface area contributed by atoms with Gasteiger partial charge in [-0.2, -0.15) is 8.78 Å². The lowest BCUT2D eigenvalue weighted by Gasteiger charge is -2.16. The van der Waals surface area contributed by atoms with Gasteiger partial charge in [0.1, 0.15) is 5.75 Å². The Morgan fingerprint density at radius 3 is 2.43 bits per heavy atom. The zero-order chi connectivity index (χ0) is 20.7. The average Bonchev–Trinajstić information content (AvgIpc) is 2.68. The van der Waals surface area contributed by atoms with Gasteiger partial charge in [-0.05, 0) is 31.2 Å². The molecule has 6 nitrogen and oxygen atoms in total. The number of esters is 1. The van der Waals surface area contributed by atoms with Gasteiger partial charge in [0.05, 0.1) is 26.9 Å². The Bertz CT molecular complexity index is 875. The summed E-state index contributed by atoms with van der Waals surface area (Å²) in [5.74, 6) is -1.43. The van der Waals surface area contributed by atoms with Crippen molar-refractivity contribution < 1.29 is 32.1 Å². The molecule has 0 radical (unpaired) electrons. The highest BCUT2D eigenvalue weighted by Gasteiger charge is 2.23. The maximum Gasteiger partial charge on any atom is 0.387 e. The number of amides is 1. The van der Waals surface area contributed by atoms with Gasteiger partial charge in [-0.25, -0.2) is 4.79 Å². The summed E-state index contributed by atoms with van der Waals surface area (Å²) in [6.45, 7) is 0.000380. The molecule has 0 unspecified atom stereocenters. The molecule has 2 aromatic carbocycles. The van der Waals surface area contributed by atoms with Crippen molar-refractivity contribution in [3.05, 3.63) is 54.1 Å². The maximum absolute atomic E-state index is 12.5. The first kappa shape index (κ1) is 21.5. The van der Waals surface area contributed by atoms with Crippen LogP contribution in [0, 0.1) is 0 Å². The van der Waals surface area contributed by atoms with Crippen LogP contribution >= 0.6 is 0 Å². The fraction of sp³-hybridized carbons (Fsp3) is 0.263. The number of carbonyl (C=O) groups is 2. The Morgan fingerprint density at radius 1 is 1.11 bits per heavy atom. The molecule has 0 aliphatic carbocycles. The number of ether oxygens (including phenoxy) is 2. The second-order valence-electron chi connectivity index (χ2n) is 5.54. The van der Waals surface area contributed by atoms with Crippen molar-refractivity contribution in [1.82, 2.24) is 0 Å². The van der Waals surface area contributed by atoms with Crippen LogP contribution in [0.3, 0.4) is 0 Å². The Morgan fingerprint density at radius 2 is 1.75 bits per heavy atom. The SMILES string of the molecule is CC[S@@](=O)c1ccccc1C(=O)O[C@@H](C)C(=O)Nc1ccccc1OC(F)F. The summed E-state index contributed by atoms with van der Waals surface area (Å²) >= 11 is 0. The summed E-state index contributed by atoms with van der Waals surface area (Å²) in [5, 5.41) is 2.39. The third kappa shape index (κ3) is 5.59. The molecule has 0 saturated carbocycles. The van der Waals surface area contributed by atoms with Crippen molar-refractivity contribution in [3.8, 4) is 5.75 Å². The molecule has 9 heteroatoms. The Balaban J connectivity index is 2.10. The molecule has 0 spiro atoms. The van der Waals surface area contributed by atoms with Crippen LogP contribution in [0.4, 0.5) is 14.5 Å². The van der Waals surface area contributed by atoms with E-state index in [-0.39, 0.29) is 17.0 Å². The van der Waals surface area contributed by atoms with Crippen LogP contribution in [0.25, 0.3) is 0 Å². The molecule has 2 rings (SSSR count). The van der Waals surface area contributed by atoms with Crippen LogP contribution in [0.15, 0.2) is 53.4 Å². The van der Waals surface area contributed by atoms with Gasteiger partial charge in [0, 0.05) is 5.75 Å². The average molecular weight is 411 g/mol. The first-order chi connectivity index (χ1) is 13.3. The second-order valence-corrected chi connectivity index (χ2v) is 7.25. The number of hydrogen-bond donors (Lipinski definition) is 1. The topological polar surface area (TPSA) is 81.7 Å². The molecule has 0 bridgehead atoms. The van der Waals surface area contributed by atoms with E-state index in [9.17, 15) is 22.6 Å². The van der Waals surface area contributed by atoms with Crippen molar-refractivity contribution >= 4 is 28.4 Å². The smallest absolute Gasteiger partial charge is 0.387 e. The number of benzene rings is 2. The first-order valence-corrected chi connectivity index (χ1v) is 9.68. The molecular formula is C19H19F2NO5S. The number of hydrogen-bond acceptors (Lipinski definition) is 5. The molecule has 150 valence electrons. The number of halogens is 2. The molecule has 2 atom stereocenters. The minimum atomic E-state index is -3.05. The van der Waals surface area contributed by atoms with Crippen LogP contribution in [0.5, 0.6) is 5.75 Å². The third-order valence-corrected chi connectivity index (χ3v) is 5.00. The van der Waals surface area contributed by atoms with Crippen molar-refractivity contribution in [2.24, 2.45) is 0 Å². The predicted octanol–water partition coefficient (Wildman–Crippen LogP) is 3.60. The molecule has 28 heavy (non-hydrogen) atoms. The van der Waals surface area contributed by atoms with Gasteiger partial charge in [-0.3, -0.25) is 9.00 Å². The van der Waals surface area contributed by atoms with E-state index in [4.69, 9.17) is 4.74 Å². The van der Waals surface area contributed by atoms with Crippen LogP contribution in [0.2, 0.25) is 0 Å². The minimum Gasteiger partial charge on any atom is -0.449 e. The van der Waals surface area contributed by atoms with E-state index in [1.54, 1.807) is 25.1 Å². The van der Waals surface area contributed by atoms with E-state index in [0.717, 1.165) is 0 Å². The van der Waals surface area contributed by atoms with Gasteiger partial charge < -0.3 is 14.8 Å². The minimum absolute atomic E-state index is 0.0168. The molecule has 0 aliphatic heterocycles. The summed E-state index contributed by atoms with van der Waals surface area (Å²) in [7, 11) is -1.38. The monoisotopic (exact) mass is 411 g/mol. The van der Waals surface area contributed by atoms with E-state index in [1.807, 2.05) is 0 Å². The number of para-hydroxylation sites is 2. The Labute approximate surface area is 163 Å². The van der Waals surface area contributed by atoms with E-state index in [2.05, 4.69) is 10.1 Å². The standard InChI is InChI=1S/C19H19F2NO5S/c1-3-28(25)16-11-7-4-8-13(16)18(24)26-12(2)17(23)22-14-9-5-6-10-15(14)27-19(20)21/h4-12,19H,3H2,1-2H3,(H,22,23)/t12-,28+/m0/s1. The zero-order valence-electron chi connectivity index (χ0n) is 15.2. The molecule has 0 heterocycles. The fourth-order valence-electron chi connectivity index (χ4n) is 2.27. The van der Waals surface area contributed by atoms with Crippen molar-refractivity contribution in [2.45, 2.75) is 31.5 Å². The number of alkyl halides is 2. The molecule has 1 amide bonds. The van der Waals surface area contributed by atoms with Gasteiger partial charge in [0.2, 0.25) is 0 Å². The van der Waals surface area contributed by atoms with Gasteiger partial charge in [-0.1, -0.05) is 31.2 Å². The van der Waals surface area contributed by atoms with Crippen LogP contribution in [-0.4, -0.2) is 34.6 Å². The first-order valence-electron chi connectivity index (χ1n) is 8.36. The number of anilines is 1. The zero-order valence-corrected chi connectivity index (χ0v) is 16.0. The van der Waals surface area contributed by atoms with Gasteiger partial charge in [-0.15, -0.1) is 0 Å². The molecular weight excluding hydrogens is 392 g/mol. The van der Waals surface area contributed by atoms with Crippen molar-refractivity contribution in [2.75, 3.05) is 11.1 Å². The van der Waals surface area contributed by atoms with Gasteiger partial charge in [0.25, 0.3) is 5.91 Å². The number of rotatable bonds is 8. The maximum atomic E-state index is 12.5. The summed E-state index contributed by atoms with van der Waals surface area (Å²) in [4.78, 5) is 25.0. The lowest BCUT2D eigenvalue weighted by Crippen LogP contribution is -2.30. The molecule has 1 N–H and O–H groups in total. The quantitative estimate of drug-likeness (QED) is 0.672. The summed E-state index contributed by atoms with van der Waals surface area (Å²) in [6, 6.07) is 11.9. The van der Waals surface area contributed by atoms with Crippen LogP contribution < -0.4 is 10.1 Å². The van der Waals surface area contributed by atoms with E-state index in [1.165, 1.54) is 37.3 Å². The predicted molar refractivity (Wildman–Crippen MR) is 100.0 cm³/mol. The Kier molecular flexibility index (Phi) is 7.62. The van der Waals surface area contributed by atoms with Crippen molar-refractivity contribution in [3.63, 3.8) is 0 Å². The van der Waals surface area contributed by atoms with E-state index < -0.39 is 35.4 Å². The molecule has 0 aliphatic rings. The molecule has 0 fully saturated rings. The van der Waals surface area contributed by atoms with Crippen LogP contribution in [0.1, 0.15) is 24.2 Å². The fourth-order valence-corrected chi connectivity index (χ4v) is 3.21. The van der Waals surface area contributed by atoms with Gasteiger partial charge in [0.15, 0.2) is 6.10 Å². The molecule has 0 saturated heterocycles. The third-order valence-electron chi connectivity index (χ3n) is 3.63. The largest absolute Gasteiger partial charge is 0.449 e. The summed E-state index contributed by atoms with van der Waals surface area (Å²) in [6.07, 6.45) is -1.23. The van der Waals surface area contributed by atoms with E-state index in [0.29, 0.717) is 10.6 Å². The second kappa shape index (κ2) is 9.93. The number of nitrogens with one attached hydrogen (secondary N) is 1. The highest BCUT2D eigenvalue weighted by Crippen LogP contribution is 2.26. The van der Waals surface area contributed by atoms with E-state index >= 15 is 0 Å². The van der Waals surface area contributed by atoms with Crippen molar-refractivity contribution in [1.29, 1.82) is 0 Å². The van der Waals surface area contributed by atoms with Crippen LogP contribution in [-0.2, 0) is 20.3 Å². The lowest BCUT2D eigenvalue weighted by molar-refractivity contribution is -0.123. The molecule has 0 aromatic heterocycles. The highest BCUT2D eigenvalue weighted by molar-refractivity contribution is 7.85. The summed E-state index contributed by atoms with van der Waals surface area (Å²) < 4.78 is 46.5. The highest BCUT2D eigenvalue weighted by atomic mass is 32.2. The lowest BCUT2D eigenvalue weighted by atomic mass is 10.2. The normalized spacial score (nSPS) is 12.9. The number of carbonyl (C=O) groups excluding carboxylic acids is 2. The van der Waals surface area contributed by atoms with Gasteiger partial charge >= 0.3 is 12.6 Å².